The second kappa shape index (κ2) is 8.65. The van der Waals surface area contributed by atoms with Crippen molar-refractivity contribution in [2.75, 3.05) is 23.9 Å². The number of nitrogens with zero attached hydrogens (tertiary/aromatic N) is 2. The number of benzene rings is 2. The Kier molecular flexibility index (Phi) is 6.37. The molecule has 0 aliphatic carbocycles. The van der Waals surface area contributed by atoms with E-state index in [1.165, 1.54) is 29.2 Å². The van der Waals surface area contributed by atoms with Crippen molar-refractivity contribution in [1.82, 2.24) is 4.90 Å². The molecule has 3 rings (SSSR count). The number of anilines is 1. The van der Waals surface area contributed by atoms with Gasteiger partial charge in [-0.3, -0.25) is 9.35 Å². The van der Waals surface area contributed by atoms with Gasteiger partial charge < -0.3 is 4.90 Å². The zero-order valence-corrected chi connectivity index (χ0v) is 16.7. The molecular weight excluding hydrogens is 421 g/mol. The quantitative estimate of drug-likeness (QED) is 0.716. The van der Waals surface area contributed by atoms with Gasteiger partial charge in [-0.2, -0.15) is 21.6 Å². The molecule has 1 heterocycles. The Bertz CT molecular complexity index is 989. The lowest BCUT2D eigenvalue weighted by atomic mass is 9.86. The molecule has 2 aromatic rings. The molecule has 0 atom stereocenters. The second-order valence-electron chi connectivity index (χ2n) is 7.06. The van der Waals surface area contributed by atoms with Crippen molar-refractivity contribution in [3.63, 3.8) is 0 Å². The molecule has 10 heteroatoms. The van der Waals surface area contributed by atoms with E-state index in [1.54, 1.807) is 24.3 Å². The highest BCUT2D eigenvalue weighted by Crippen LogP contribution is 2.38. The average Bonchev–Trinajstić information content (AvgIpc) is 2.71. The number of halogens is 3. The lowest BCUT2D eigenvalue weighted by molar-refractivity contribution is -0.139. The van der Waals surface area contributed by atoms with E-state index in [9.17, 15) is 30.9 Å². The standard InChI is InChI=1S/C20H21F3N2O4S/c21-20(22,23)18-9-5-4-8-17(18)15-10-12-24(13-11-15)19(26)14-25(30(27,28)29)16-6-2-1-3-7-16/h1-9,15H,10-14H2,(H,27,28,29). The minimum Gasteiger partial charge on any atom is -0.341 e. The van der Waals surface area contributed by atoms with Gasteiger partial charge in [0, 0.05) is 13.1 Å². The number of para-hydroxylation sites is 1. The highest BCUT2D eigenvalue weighted by Gasteiger charge is 2.36. The fraction of sp³-hybridized carbons (Fsp3) is 0.350. The van der Waals surface area contributed by atoms with Gasteiger partial charge in [0.05, 0.1) is 11.3 Å². The van der Waals surface area contributed by atoms with Gasteiger partial charge in [-0.15, -0.1) is 0 Å². The molecule has 0 aromatic heterocycles. The van der Waals surface area contributed by atoms with Crippen molar-refractivity contribution >= 4 is 21.9 Å². The topological polar surface area (TPSA) is 77.9 Å². The molecule has 0 saturated carbocycles. The lowest BCUT2D eigenvalue weighted by Gasteiger charge is -2.34. The van der Waals surface area contributed by atoms with Crippen LogP contribution in [0, 0.1) is 0 Å². The molecule has 0 bridgehead atoms. The third kappa shape index (κ3) is 5.11. The Balaban J connectivity index is 1.69. The summed E-state index contributed by atoms with van der Waals surface area (Å²) in [4.78, 5) is 14.0. The van der Waals surface area contributed by atoms with Crippen molar-refractivity contribution in [3.8, 4) is 0 Å². The number of likely N-dealkylation sites (tertiary alicyclic amines) is 1. The van der Waals surface area contributed by atoms with Gasteiger partial charge >= 0.3 is 16.5 Å². The maximum Gasteiger partial charge on any atom is 0.416 e. The van der Waals surface area contributed by atoms with Crippen LogP contribution >= 0.6 is 0 Å². The number of alkyl halides is 3. The molecule has 0 unspecified atom stereocenters. The smallest absolute Gasteiger partial charge is 0.341 e. The Morgan fingerprint density at radius 1 is 1.03 bits per heavy atom. The van der Waals surface area contributed by atoms with Crippen molar-refractivity contribution in [3.05, 3.63) is 65.7 Å². The number of piperidine rings is 1. The normalized spacial score (nSPS) is 15.8. The number of rotatable bonds is 5. The Morgan fingerprint density at radius 2 is 1.60 bits per heavy atom. The molecular formula is C20H21F3N2O4S. The molecule has 162 valence electrons. The van der Waals surface area contributed by atoms with Crippen LogP contribution in [0.3, 0.4) is 0 Å². The molecule has 1 saturated heterocycles. The summed E-state index contributed by atoms with van der Waals surface area (Å²) >= 11 is 0. The van der Waals surface area contributed by atoms with Gasteiger partial charge in [0.2, 0.25) is 5.91 Å². The van der Waals surface area contributed by atoms with E-state index in [-0.39, 0.29) is 30.3 Å². The summed E-state index contributed by atoms with van der Waals surface area (Å²) in [5, 5.41) is 0. The van der Waals surface area contributed by atoms with Crippen LogP contribution in [0.5, 0.6) is 0 Å². The van der Waals surface area contributed by atoms with E-state index in [0.717, 1.165) is 6.07 Å². The van der Waals surface area contributed by atoms with Crippen LogP contribution in [0.2, 0.25) is 0 Å². The van der Waals surface area contributed by atoms with E-state index in [2.05, 4.69) is 0 Å². The number of hydrogen-bond donors (Lipinski definition) is 1. The number of hydrogen-bond acceptors (Lipinski definition) is 3. The molecule has 30 heavy (non-hydrogen) atoms. The lowest BCUT2D eigenvalue weighted by Crippen LogP contribution is -2.45. The summed E-state index contributed by atoms with van der Waals surface area (Å²) in [6.07, 6.45) is -3.79. The van der Waals surface area contributed by atoms with Crippen molar-refractivity contribution in [1.29, 1.82) is 0 Å². The predicted molar refractivity (Wildman–Crippen MR) is 105 cm³/mol. The van der Waals surface area contributed by atoms with E-state index in [0.29, 0.717) is 17.1 Å². The van der Waals surface area contributed by atoms with E-state index >= 15 is 0 Å². The van der Waals surface area contributed by atoms with Gasteiger partial charge in [-0.05, 0) is 42.5 Å². The molecule has 1 aliphatic heterocycles. The average molecular weight is 442 g/mol. The van der Waals surface area contributed by atoms with Crippen LogP contribution in [0.4, 0.5) is 18.9 Å². The van der Waals surface area contributed by atoms with Crippen molar-refractivity contribution in [2.24, 2.45) is 0 Å². The number of carbonyl (C=O) groups is 1. The number of amides is 1. The minimum absolute atomic E-state index is 0.141. The van der Waals surface area contributed by atoms with Crippen LogP contribution in [-0.2, 0) is 21.3 Å². The summed E-state index contributed by atoms with van der Waals surface area (Å²) in [5.74, 6) is -0.877. The first-order valence-corrected chi connectivity index (χ1v) is 10.7. The predicted octanol–water partition coefficient (Wildman–Crippen LogP) is 3.72. The highest BCUT2D eigenvalue weighted by atomic mass is 32.2. The third-order valence-corrected chi connectivity index (χ3v) is 6.05. The van der Waals surface area contributed by atoms with Crippen LogP contribution in [0.1, 0.15) is 29.9 Å². The van der Waals surface area contributed by atoms with Crippen molar-refractivity contribution in [2.45, 2.75) is 24.9 Å². The molecule has 0 spiro atoms. The zero-order valence-electron chi connectivity index (χ0n) is 15.9. The maximum absolute atomic E-state index is 13.3. The molecule has 6 nitrogen and oxygen atoms in total. The number of carbonyl (C=O) groups excluding carboxylic acids is 1. The Labute approximate surface area is 172 Å². The summed E-state index contributed by atoms with van der Waals surface area (Å²) in [7, 11) is -4.67. The SMILES string of the molecule is O=C(CN(c1ccccc1)S(=O)(=O)O)N1CCC(c2ccccc2C(F)(F)F)CC1. The molecule has 1 aliphatic rings. The molecule has 2 aromatic carbocycles. The monoisotopic (exact) mass is 442 g/mol. The largest absolute Gasteiger partial charge is 0.416 e. The highest BCUT2D eigenvalue weighted by molar-refractivity contribution is 7.87. The fourth-order valence-electron chi connectivity index (χ4n) is 3.67. The van der Waals surface area contributed by atoms with Gasteiger partial charge in [0.25, 0.3) is 0 Å². The van der Waals surface area contributed by atoms with Crippen LogP contribution < -0.4 is 4.31 Å². The summed E-state index contributed by atoms with van der Waals surface area (Å²) in [5.41, 5.74) is -0.320. The van der Waals surface area contributed by atoms with E-state index < -0.39 is 34.5 Å². The molecule has 1 fully saturated rings. The molecule has 1 N–H and O–H groups in total. The third-order valence-electron chi connectivity index (χ3n) is 5.16. The minimum atomic E-state index is -4.67. The summed E-state index contributed by atoms with van der Waals surface area (Å²) in [6.45, 7) is -0.194. The van der Waals surface area contributed by atoms with Gasteiger partial charge in [0.1, 0.15) is 6.54 Å². The summed E-state index contributed by atoms with van der Waals surface area (Å²) in [6, 6.07) is 13.1. The Hall–Kier alpha value is -2.59. The zero-order chi connectivity index (χ0) is 21.9. The van der Waals surface area contributed by atoms with Crippen molar-refractivity contribution < 1.29 is 30.9 Å². The first-order valence-electron chi connectivity index (χ1n) is 9.31. The maximum atomic E-state index is 13.3. The van der Waals surface area contributed by atoms with Gasteiger partial charge in [0.15, 0.2) is 0 Å². The fourth-order valence-corrected chi connectivity index (χ4v) is 4.34. The summed E-state index contributed by atoms with van der Waals surface area (Å²) < 4.78 is 73.4. The Morgan fingerprint density at radius 3 is 2.17 bits per heavy atom. The van der Waals surface area contributed by atoms with Crippen LogP contribution in [0.15, 0.2) is 54.6 Å². The van der Waals surface area contributed by atoms with E-state index in [1.807, 2.05) is 0 Å². The molecule has 1 amide bonds. The van der Waals surface area contributed by atoms with Crippen LogP contribution in [0.25, 0.3) is 0 Å². The van der Waals surface area contributed by atoms with Gasteiger partial charge in [-0.1, -0.05) is 36.4 Å². The van der Waals surface area contributed by atoms with Crippen LogP contribution in [-0.4, -0.2) is 43.4 Å². The first-order chi connectivity index (χ1) is 14.1. The van der Waals surface area contributed by atoms with Gasteiger partial charge in [-0.25, -0.2) is 4.31 Å². The molecule has 0 radical (unpaired) electrons. The first kappa shape index (κ1) is 22.1. The second-order valence-corrected chi connectivity index (χ2v) is 8.40. The van der Waals surface area contributed by atoms with E-state index in [4.69, 9.17) is 0 Å².